The number of nitrogens with zero attached hydrogens (tertiary/aromatic N) is 7. The molecule has 5 rings (SSSR count). The third-order valence-corrected chi connectivity index (χ3v) is 6.01. The lowest BCUT2D eigenvalue weighted by molar-refractivity contribution is 0.0535. The maximum Gasteiger partial charge on any atom is 0.333 e. The van der Waals surface area contributed by atoms with Crippen LogP contribution in [0.4, 0.5) is 20.4 Å². The number of hydrogen-bond donors (Lipinski definition) is 1. The molecule has 34 heavy (non-hydrogen) atoms. The van der Waals surface area contributed by atoms with Crippen molar-refractivity contribution in [2.24, 2.45) is 0 Å². The number of rotatable bonds is 8. The van der Waals surface area contributed by atoms with Crippen molar-refractivity contribution in [1.82, 2.24) is 34.3 Å². The van der Waals surface area contributed by atoms with Crippen LogP contribution < -0.4 is 10.1 Å². The Labute approximate surface area is 195 Å². The van der Waals surface area contributed by atoms with Crippen LogP contribution in [0.1, 0.15) is 31.4 Å². The highest BCUT2D eigenvalue weighted by Gasteiger charge is 2.28. The number of alkyl halides is 2. The number of hydrogen-bond acceptors (Lipinski definition) is 7. The molecule has 0 aliphatic carbocycles. The monoisotopic (exact) mass is 468 g/mol. The molecule has 4 aromatic rings. The van der Waals surface area contributed by atoms with Crippen LogP contribution in [0.15, 0.2) is 36.7 Å². The third-order valence-electron chi connectivity index (χ3n) is 6.01. The van der Waals surface area contributed by atoms with E-state index < -0.39 is 6.55 Å². The van der Waals surface area contributed by atoms with Crippen molar-refractivity contribution in [1.29, 1.82) is 0 Å². The summed E-state index contributed by atoms with van der Waals surface area (Å²) in [5, 5.41) is 11.6. The third kappa shape index (κ3) is 4.30. The van der Waals surface area contributed by atoms with Gasteiger partial charge < -0.3 is 10.1 Å². The van der Waals surface area contributed by atoms with E-state index in [4.69, 9.17) is 4.74 Å². The van der Waals surface area contributed by atoms with Gasteiger partial charge in [-0.15, -0.1) is 0 Å². The average molecular weight is 469 g/mol. The highest BCUT2D eigenvalue weighted by atomic mass is 19.3. The normalized spacial score (nSPS) is 16.2. The van der Waals surface area contributed by atoms with Crippen LogP contribution in [0.3, 0.4) is 0 Å². The number of ether oxygens (including phenoxy) is 1. The Balaban J connectivity index is 1.43. The summed E-state index contributed by atoms with van der Waals surface area (Å²) < 4.78 is 35.8. The van der Waals surface area contributed by atoms with Crippen molar-refractivity contribution < 1.29 is 13.5 Å². The number of anilines is 2. The molecule has 0 saturated carbocycles. The quantitative estimate of drug-likeness (QED) is 0.414. The molecule has 0 bridgehead atoms. The molecule has 5 heterocycles. The molecule has 0 unspecified atom stereocenters. The van der Waals surface area contributed by atoms with Gasteiger partial charge in [-0.05, 0) is 38.9 Å². The first-order valence-corrected chi connectivity index (χ1v) is 11.2. The van der Waals surface area contributed by atoms with Crippen molar-refractivity contribution in [3.63, 3.8) is 0 Å². The molecule has 1 atom stereocenters. The molecule has 0 spiro atoms. The fourth-order valence-electron chi connectivity index (χ4n) is 4.27. The molecule has 1 N–H and O–H groups in total. The highest BCUT2D eigenvalue weighted by molar-refractivity contribution is 5.73. The van der Waals surface area contributed by atoms with Gasteiger partial charge >= 0.3 is 6.55 Å². The Morgan fingerprint density at radius 2 is 2.03 bits per heavy atom. The van der Waals surface area contributed by atoms with E-state index in [2.05, 4.69) is 37.3 Å². The number of likely N-dealkylation sites (N-methyl/N-ethyl adjacent to an activating group) is 1. The number of pyridine rings is 1. The Hall–Kier alpha value is -3.60. The summed E-state index contributed by atoms with van der Waals surface area (Å²) in [4.78, 5) is 10.9. The Bertz CT molecular complexity index is 1300. The fourth-order valence-corrected chi connectivity index (χ4v) is 4.27. The van der Waals surface area contributed by atoms with Gasteiger partial charge in [0.25, 0.3) is 0 Å². The number of likely N-dealkylation sites (tertiary alicyclic amines) is 1. The summed E-state index contributed by atoms with van der Waals surface area (Å²) in [5.74, 6) is 2.22. The van der Waals surface area contributed by atoms with Crippen LogP contribution in [0.2, 0.25) is 0 Å². The largest absolute Gasteiger partial charge is 0.488 e. The molecule has 1 aliphatic rings. The van der Waals surface area contributed by atoms with E-state index in [1.165, 1.54) is 6.20 Å². The summed E-state index contributed by atoms with van der Waals surface area (Å²) in [7, 11) is 0. The first-order chi connectivity index (χ1) is 16.4. The average Bonchev–Trinajstić information content (AvgIpc) is 3.35. The lowest BCUT2D eigenvalue weighted by atomic mass is 10.0. The highest BCUT2D eigenvalue weighted by Crippen LogP contribution is 2.34. The second kappa shape index (κ2) is 8.98. The molecular weight excluding hydrogens is 442 g/mol. The standard InChI is InChI=1S/C23H26F2N8O/c1-4-31-7-6-17(31)13-34-19-12-26-33(23(24)25)22(19)16-5-8-32-18(10-16)11-21(30-32)29-20-9-14(2)27-15(3)28-20/h5,8-12,17,23H,4,6-7,13H2,1-3H3,(H,27,28,29,30)/t17-/m1/s1. The van der Waals surface area contributed by atoms with Crippen molar-refractivity contribution in [2.45, 2.75) is 39.8 Å². The summed E-state index contributed by atoms with van der Waals surface area (Å²) in [5.41, 5.74) is 2.39. The maximum atomic E-state index is 13.7. The molecule has 178 valence electrons. The molecule has 11 heteroatoms. The van der Waals surface area contributed by atoms with Crippen LogP contribution in [0.5, 0.6) is 5.75 Å². The minimum atomic E-state index is -2.79. The van der Waals surface area contributed by atoms with Gasteiger partial charge in [0.2, 0.25) is 0 Å². The van der Waals surface area contributed by atoms with Crippen LogP contribution in [-0.4, -0.2) is 60.0 Å². The first kappa shape index (κ1) is 22.2. The van der Waals surface area contributed by atoms with E-state index >= 15 is 0 Å². The van der Waals surface area contributed by atoms with Crippen LogP contribution in [-0.2, 0) is 0 Å². The number of fused-ring (bicyclic) bond motifs is 1. The molecular formula is C23H26F2N8O. The van der Waals surface area contributed by atoms with Crippen LogP contribution >= 0.6 is 0 Å². The Kier molecular flexibility index (Phi) is 5.86. The van der Waals surface area contributed by atoms with Crippen molar-refractivity contribution in [3.8, 4) is 17.0 Å². The Morgan fingerprint density at radius 3 is 2.74 bits per heavy atom. The van der Waals surface area contributed by atoms with E-state index in [0.29, 0.717) is 46.1 Å². The van der Waals surface area contributed by atoms with Gasteiger partial charge in [0, 0.05) is 42.2 Å². The molecule has 1 saturated heterocycles. The summed E-state index contributed by atoms with van der Waals surface area (Å²) in [6.07, 6.45) is 4.13. The predicted molar refractivity (Wildman–Crippen MR) is 124 cm³/mol. The number of halogens is 2. The van der Waals surface area contributed by atoms with Crippen molar-refractivity contribution >= 4 is 17.2 Å². The molecule has 4 aromatic heterocycles. The molecule has 9 nitrogen and oxygen atoms in total. The zero-order valence-corrected chi connectivity index (χ0v) is 19.2. The smallest absolute Gasteiger partial charge is 0.333 e. The van der Waals surface area contributed by atoms with E-state index in [1.54, 1.807) is 22.8 Å². The van der Waals surface area contributed by atoms with Gasteiger partial charge in [0.05, 0.1) is 11.7 Å². The summed E-state index contributed by atoms with van der Waals surface area (Å²) in [6.45, 7) is 5.46. The Morgan fingerprint density at radius 1 is 1.18 bits per heavy atom. The second-order valence-electron chi connectivity index (χ2n) is 8.34. The van der Waals surface area contributed by atoms with Crippen LogP contribution in [0, 0.1) is 13.8 Å². The minimum absolute atomic E-state index is 0.248. The van der Waals surface area contributed by atoms with Gasteiger partial charge in [-0.3, -0.25) is 4.90 Å². The second-order valence-corrected chi connectivity index (χ2v) is 8.34. The first-order valence-electron chi connectivity index (χ1n) is 11.2. The van der Waals surface area contributed by atoms with E-state index in [0.717, 1.165) is 30.7 Å². The van der Waals surface area contributed by atoms with E-state index in [1.807, 2.05) is 26.0 Å². The molecule has 1 fully saturated rings. The maximum absolute atomic E-state index is 13.7. The zero-order chi connectivity index (χ0) is 23.8. The molecule has 0 amide bonds. The van der Waals surface area contributed by atoms with Crippen LogP contribution in [0.25, 0.3) is 16.8 Å². The lowest BCUT2D eigenvalue weighted by Gasteiger charge is -2.39. The van der Waals surface area contributed by atoms with Crippen molar-refractivity contribution in [3.05, 3.63) is 48.2 Å². The number of nitrogens with one attached hydrogen (secondary N) is 1. The summed E-state index contributed by atoms with van der Waals surface area (Å²) in [6, 6.07) is 7.47. The fraction of sp³-hybridized carbons (Fsp3) is 0.391. The lowest BCUT2D eigenvalue weighted by Crippen LogP contribution is -2.50. The van der Waals surface area contributed by atoms with E-state index in [-0.39, 0.29) is 5.69 Å². The summed E-state index contributed by atoms with van der Waals surface area (Å²) >= 11 is 0. The van der Waals surface area contributed by atoms with Gasteiger partial charge in [-0.2, -0.15) is 23.7 Å². The molecule has 0 aromatic carbocycles. The number of aromatic nitrogens is 6. The van der Waals surface area contributed by atoms with Gasteiger partial charge in [-0.25, -0.2) is 14.5 Å². The number of aryl methyl sites for hydroxylation is 2. The molecule has 1 aliphatic heterocycles. The SMILES string of the molecule is CCN1CC[C@@H]1COc1cnn(C(F)F)c1-c1ccn2nc(Nc3cc(C)nc(C)n3)cc2c1. The van der Waals surface area contributed by atoms with Gasteiger partial charge in [0.15, 0.2) is 11.6 Å². The molecule has 0 radical (unpaired) electrons. The van der Waals surface area contributed by atoms with E-state index in [9.17, 15) is 8.78 Å². The van der Waals surface area contributed by atoms with Crippen molar-refractivity contribution in [2.75, 3.05) is 25.0 Å². The topological polar surface area (TPSA) is 85.4 Å². The van der Waals surface area contributed by atoms with Gasteiger partial charge in [-0.1, -0.05) is 6.92 Å². The minimum Gasteiger partial charge on any atom is -0.488 e. The van der Waals surface area contributed by atoms with Gasteiger partial charge in [0.1, 0.15) is 23.9 Å². The zero-order valence-electron chi connectivity index (χ0n) is 19.2. The predicted octanol–water partition coefficient (Wildman–Crippen LogP) is 4.22.